The monoisotopic (exact) mass is 527 g/mol. The van der Waals surface area contributed by atoms with Crippen molar-refractivity contribution in [2.24, 2.45) is 0 Å². The molecule has 0 saturated heterocycles. The number of nitrogens with one attached hydrogen (secondary N) is 2. The molecule has 0 aromatic heterocycles. The van der Waals surface area contributed by atoms with Crippen LogP contribution >= 0.6 is 27.5 Å². The van der Waals surface area contributed by atoms with Gasteiger partial charge in [-0.05, 0) is 60.7 Å². The van der Waals surface area contributed by atoms with Gasteiger partial charge in [0, 0.05) is 20.7 Å². The van der Waals surface area contributed by atoms with Crippen LogP contribution in [0.1, 0.15) is 5.56 Å². The lowest BCUT2D eigenvalue weighted by Crippen LogP contribution is -2.21. The molecule has 3 aromatic carbocycles. The van der Waals surface area contributed by atoms with Gasteiger partial charge in [-0.3, -0.25) is 9.59 Å². The zero-order valence-corrected chi connectivity index (χ0v) is 19.3. The van der Waals surface area contributed by atoms with E-state index in [4.69, 9.17) is 16.3 Å². The highest BCUT2D eigenvalue weighted by Crippen LogP contribution is 2.26. The van der Waals surface area contributed by atoms with Crippen LogP contribution in [0.15, 0.2) is 76.8 Å². The first-order valence-corrected chi connectivity index (χ1v) is 10.7. The Kier molecular flexibility index (Phi) is 8.19. The Bertz CT molecular complexity index is 1260. The molecule has 9 heteroatoms. The van der Waals surface area contributed by atoms with Crippen molar-refractivity contribution in [1.82, 2.24) is 0 Å². The van der Waals surface area contributed by atoms with Crippen molar-refractivity contribution in [2.45, 2.75) is 0 Å². The van der Waals surface area contributed by atoms with E-state index in [0.29, 0.717) is 20.7 Å². The lowest BCUT2D eigenvalue weighted by atomic mass is 10.1. The molecule has 6 nitrogen and oxygen atoms in total. The number of halogens is 3. The third-order valence-electron chi connectivity index (χ3n) is 4.25. The molecule has 33 heavy (non-hydrogen) atoms. The summed E-state index contributed by atoms with van der Waals surface area (Å²) in [6.45, 7) is -0.407. The molecule has 2 N–H and O–H groups in total. The fraction of sp³-hybridized carbons (Fsp3) is 0.0417. The van der Waals surface area contributed by atoms with Gasteiger partial charge in [0.05, 0.1) is 5.69 Å². The quantitative estimate of drug-likeness (QED) is 0.299. The highest BCUT2D eigenvalue weighted by molar-refractivity contribution is 9.10. The van der Waals surface area contributed by atoms with Crippen LogP contribution in [0.2, 0.25) is 5.02 Å². The van der Waals surface area contributed by atoms with Gasteiger partial charge in [0.1, 0.15) is 23.2 Å². The van der Waals surface area contributed by atoms with Crippen molar-refractivity contribution < 1.29 is 18.7 Å². The number of nitriles is 1. The van der Waals surface area contributed by atoms with Gasteiger partial charge in [0.2, 0.25) is 0 Å². The summed E-state index contributed by atoms with van der Waals surface area (Å²) in [7, 11) is 0. The molecule has 0 aliphatic rings. The van der Waals surface area contributed by atoms with Crippen LogP contribution in [-0.4, -0.2) is 18.4 Å². The van der Waals surface area contributed by atoms with Crippen LogP contribution in [0.3, 0.4) is 0 Å². The molecule has 0 radical (unpaired) electrons. The summed E-state index contributed by atoms with van der Waals surface area (Å²) in [4.78, 5) is 24.7. The van der Waals surface area contributed by atoms with Crippen molar-refractivity contribution in [2.75, 3.05) is 17.2 Å². The summed E-state index contributed by atoms with van der Waals surface area (Å²) in [5.74, 6) is -1.50. The molecule has 0 heterocycles. The zero-order valence-electron chi connectivity index (χ0n) is 16.9. The Balaban J connectivity index is 1.75. The largest absolute Gasteiger partial charge is 0.483 e. The van der Waals surface area contributed by atoms with Crippen LogP contribution in [-0.2, 0) is 9.59 Å². The fourth-order valence-electron chi connectivity index (χ4n) is 2.69. The van der Waals surface area contributed by atoms with Gasteiger partial charge in [-0.15, -0.1) is 0 Å². The third kappa shape index (κ3) is 6.91. The number of hydrogen-bond donors (Lipinski definition) is 2. The van der Waals surface area contributed by atoms with Crippen molar-refractivity contribution in [1.29, 1.82) is 5.26 Å². The summed E-state index contributed by atoms with van der Waals surface area (Å²) in [6.07, 6.45) is 1.35. The topological polar surface area (TPSA) is 91.2 Å². The van der Waals surface area contributed by atoms with Gasteiger partial charge in [-0.2, -0.15) is 5.26 Å². The summed E-state index contributed by atoms with van der Waals surface area (Å²) in [5, 5.41) is 15.0. The fourth-order valence-corrected chi connectivity index (χ4v) is 3.20. The Hall–Kier alpha value is -3.67. The maximum absolute atomic E-state index is 13.7. The summed E-state index contributed by atoms with van der Waals surface area (Å²) >= 11 is 9.18. The number of rotatable bonds is 7. The van der Waals surface area contributed by atoms with E-state index in [0.717, 1.165) is 0 Å². The van der Waals surface area contributed by atoms with Crippen LogP contribution < -0.4 is 15.4 Å². The Labute approximate surface area is 202 Å². The van der Waals surface area contributed by atoms with E-state index in [1.165, 1.54) is 24.3 Å². The Morgan fingerprint density at radius 3 is 2.52 bits per heavy atom. The van der Waals surface area contributed by atoms with Crippen LogP contribution in [0.25, 0.3) is 6.08 Å². The summed E-state index contributed by atoms with van der Waals surface area (Å²) in [6, 6.07) is 19.0. The van der Waals surface area contributed by atoms with Gasteiger partial charge in [-0.25, -0.2) is 4.39 Å². The van der Waals surface area contributed by atoms with E-state index in [9.17, 15) is 19.2 Å². The molecule has 3 rings (SSSR count). The average molecular weight is 529 g/mol. The van der Waals surface area contributed by atoms with Crippen LogP contribution in [0, 0.1) is 17.1 Å². The van der Waals surface area contributed by atoms with Crippen LogP contribution in [0.5, 0.6) is 5.75 Å². The SMILES string of the molecule is N#C/C(=C/c1cc(Br)ccc1OCC(=O)Nc1ccccc1F)C(=O)Nc1ccc(Cl)cc1. The molecule has 0 atom stereocenters. The smallest absolute Gasteiger partial charge is 0.266 e. The molecule has 0 fully saturated rings. The van der Waals surface area contributed by atoms with E-state index >= 15 is 0 Å². The first-order chi connectivity index (χ1) is 15.9. The number of benzene rings is 3. The molecule has 0 saturated carbocycles. The molecule has 0 aliphatic carbocycles. The molecule has 0 aliphatic heterocycles. The average Bonchev–Trinajstić information content (AvgIpc) is 2.79. The first kappa shape index (κ1) is 24.0. The Morgan fingerprint density at radius 2 is 1.82 bits per heavy atom. The maximum atomic E-state index is 13.7. The number of ether oxygens (including phenoxy) is 1. The van der Waals surface area contributed by atoms with Crippen molar-refractivity contribution in [3.63, 3.8) is 0 Å². The molecule has 166 valence electrons. The number of hydrogen-bond acceptors (Lipinski definition) is 4. The van der Waals surface area contributed by atoms with E-state index in [-0.39, 0.29) is 17.0 Å². The highest BCUT2D eigenvalue weighted by atomic mass is 79.9. The second-order valence-electron chi connectivity index (χ2n) is 6.63. The minimum absolute atomic E-state index is 0.0349. The predicted molar refractivity (Wildman–Crippen MR) is 128 cm³/mol. The minimum atomic E-state index is -0.622. The highest BCUT2D eigenvalue weighted by Gasteiger charge is 2.13. The van der Waals surface area contributed by atoms with Gasteiger partial charge in [0.25, 0.3) is 11.8 Å². The maximum Gasteiger partial charge on any atom is 0.266 e. The van der Waals surface area contributed by atoms with Gasteiger partial charge in [0.15, 0.2) is 6.61 Å². The second-order valence-corrected chi connectivity index (χ2v) is 7.98. The molecular weight excluding hydrogens is 513 g/mol. The molecular formula is C24H16BrClFN3O3. The van der Waals surface area contributed by atoms with E-state index in [2.05, 4.69) is 26.6 Å². The Morgan fingerprint density at radius 1 is 1.09 bits per heavy atom. The minimum Gasteiger partial charge on any atom is -0.483 e. The van der Waals surface area contributed by atoms with Gasteiger partial charge in [-0.1, -0.05) is 39.7 Å². The van der Waals surface area contributed by atoms with Crippen molar-refractivity contribution in [3.8, 4) is 11.8 Å². The van der Waals surface area contributed by atoms with E-state index < -0.39 is 24.2 Å². The van der Waals surface area contributed by atoms with Crippen molar-refractivity contribution in [3.05, 3.63) is 93.2 Å². The number of amides is 2. The summed E-state index contributed by atoms with van der Waals surface area (Å²) < 4.78 is 20.0. The van der Waals surface area contributed by atoms with Gasteiger partial charge >= 0.3 is 0 Å². The first-order valence-electron chi connectivity index (χ1n) is 9.51. The van der Waals surface area contributed by atoms with Crippen LogP contribution in [0.4, 0.5) is 15.8 Å². The number of carbonyl (C=O) groups is 2. The molecule has 3 aromatic rings. The number of carbonyl (C=O) groups excluding carboxylic acids is 2. The lowest BCUT2D eigenvalue weighted by molar-refractivity contribution is -0.118. The molecule has 2 amide bonds. The zero-order chi connectivity index (χ0) is 23.8. The standard InChI is InChI=1S/C24H16BrClFN3O3/c25-17-5-10-22(33-14-23(31)30-21-4-2-1-3-20(21)27)15(12-17)11-16(13-28)24(32)29-19-8-6-18(26)7-9-19/h1-12H,14H2,(H,29,32)(H,30,31)/b16-11-. The normalized spacial score (nSPS) is 10.8. The third-order valence-corrected chi connectivity index (χ3v) is 4.99. The lowest BCUT2D eigenvalue weighted by Gasteiger charge is -2.11. The number of nitrogens with zero attached hydrogens (tertiary/aromatic N) is 1. The van der Waals surface area contributed by atoms with E-state index in [1.54, 1.807) is 48.5 Å². The summed E-state index contributed by atoms with van der Waals surface area (Å²) in [5.41, 5.74) is 0.725. The number of anilines is 2. The second kappa shape index (κ2) is 11.3. The number of para-hydroxylation sites is 1. The molecule has 0 bridgehead atoms. The van der Waals surface area contributed by atoms with Crippen molar-refractivity contribution >= 4 is 56.8 Å². The molecule has 0 spiro atoms. The van der Waals surface area contributed by atoms with Gasteiger partial charge < -0.3 is 15.4 Å². The van der Waals surface area contributed by atoms with E-state index in [1.807, 2.05) is 6.07 Å². The molecule has 0 unspecified atom stereocenters. The predicted octanol–water partition coefficient (Wildman–Crippen LogP) is 5.80.